The summed E-state index contributed by atoms with van der Waals surface area (Å²) in [6.07, 6.45) is 0.337. The summed E-state index contributed by atoms with van der Waals surface area (Å²) in [6, 6.07) is 11.8. The Labute approximate surface area is 195 Å². The Kier molecular flexibility index (Phi) is 9.50. The Bertz CT molecular complexity index is 1120. The maximum Gasteiger partial charge on any atom is 0.469 e. The minimum absolute atomic E-state index is 0.107. The van der Waals surface area contributed by atoms with Gasteiger partial charge >= 0.3 is 7.82 Å². The number of nitrogens with one attached hydrogen (secondary N) is 2. The predicted molar refractivity (Wildman–Crippen MR) is 120 cm³/mol. The molecule has 0 aliphatic heterocycles. The van der Waals surface area contributed by atoms with E-state index in [2.05, 4.69) is 21.7 Å². The van der Waals surface area contributed by atoms with Gasteiger partial charge < -0.3 is 20.0 Å². The van der Waals surface area contributed by atoms with Crippen LogP contribution in [0, 0.1) is 11.8 Å². The summed E-state index contributed by atoms with van der Waals surface area (Å²) in [6.45, 7) is -0.107. The fourth-order valence-electron chi connectivity index (χ4n) is 2.87. The molecule has 0 radical (unpaired) electrons. The lowest BCUT2D eigenvalue weighted by Gasteiger charge is -2.25. The summed E-state index contributed by atoms with van der Waals surface area (Å²) in [5, 5.41) is 11.1. The number of likely N-dealkylation sites (N-methyl/N-ethyl adjacent to an activating group) is 2. The van der Waals surface area contributed by atoms with Crippen LogP contribution >= 0.6 is 7.82 Å². The van der Waals surface area contributed by atoms with Crippen LogP contribution in [0.1, 0.15) is 27.0 Å². The maximum absolute atomic E-state index is 12.7. The van der Waals surface area contributed by atoms with Crippen LogP contribution in [-0.4, -0.2) is 64.4 Å². The highest BCUT2D eigenvalue weighted by atomic mass is 31.2. The number of carbonyl (C=O) groups is 3. The fraction of sp³-hybridized carbons (Fsp3) is 0.227. The topological polar surface area (TPSA) is 166 Å². The zero-order valence-corrected chi connectivity index (χ0v) is 19.3. The number of rotatable bonds is 8. The lowest BCUT2D eigenvalue weighted by atomic mass is 10.1. The molecule has 0 saturated carbocycles. The summed E-state index contributed by atoms with van der Waals surface area (Å²) in [4.78, 5) is 54.7. The minimum atomic E-state index is -4.48. The minimum Gasteiger partial charge on any atom is -0.357 e. The van der Waals surface area contributed by atoms with Crippen LogP contribution in [0.15, 0.2) is 48.5 Å². The molecule has 0 heterocycles. The van der Waals surface area contributed by atoms with Gasteiger partial charge in [0.05, 0.1) is 6.61 Å². The summed E-state index contributed by atoms with van der Waals surface area (Å²) < 4.78 is 15.1. The van der Waals surface area contributed by atoms with Crippen molar-refractivity contribution in [2.24, 2.45) is 0 Å². The molecular weight excluding hydrogens is 465 g/mol. The van der Waals surface area contributed by atoms with Crippen molar-refractivity contribution in [1.82, 2.24) is 15.7 Å². The van der Waals surface area contributed by atoms with Gasteiger partial charge in [0, 0.05) is 30.8 Å². The molecule has 0 saturated heterocycles. The summed E-state index contributed by atoms with van der Waals surface area (Å²) >= 11 is 0. The van der Waals surface area contributed by atoms with Gasteiger partial charge in [-0.05, 0) is 48.4 Å². The molecule has 34 heavy (non-hydrogen) atoms. The van der Waals surface area contributed by atoms with E-state index in [-0.39, 0.29) is 12.2 Å². The van der Waals surface area contributed by atoms with Crippen LogP contribution in [0.5, 0.6) is 0 Å². The van der Waals surface area contributed by atoms with E-state index in [1.165, 1.54) is 31.7 Å². The lowest BCUT2D eigenvalue weighted by molar-refractivity contribution is -0.140. The van der Waals surface area contributed by atoms with Gasteiger partial charge in [-0.3, -0.25) is 24.1 Å². The number of phosphoric acid groups is 1. The van der Waals surface area contributed by atoms with Crippen molar-refractivity contribution in [3.8, 4) is 11.8 Å². The van der Waals surface area contributed by atoms with Crippen molar-refractivity contribution in [3.05, 3.63) is 70.8 Å². The van der Waals surface area contributed by atoms with E-state index in [0.717, 1.165) is 10.5 Å². The van der Waals surface area contributed by atoms with Gasteiger partial charge in [-0.15, -0.1) is 0 Å². The summed E-state index contributed by atoms with van der Waals surface area (Å²) in [7, 11) is -1.90. The maximum atomic E-state index is 12.7. The molecule has 5 N–H and O–H groups in total. The zero-order chi connectivity index (χ0) is 25.3. The number of hydrogen-bond acceptors (Lipinski definition) is 6. The van der Waals surface area contributed by atoms with Crippen molar-refractivity contribution < 1.29 is 38.5 Å². The highest BCUT2D eigenvalue weighted by Crippen LogP contribution is 2.35. The molecule has 11 nitrogen and oxygen atoms in total. The van der Waals surface area contributed by atoms with Crippen molar-refractivity contribution in [2.75, 3.05) is 20.7 Å². The number of carbonyl (C=O) groups excluding carboxylic acids is 3. The van der Waals surface area contributed by atoms with Crippen LogP contribution in [0.2, 0.25) is 0 Å². The number of hydrogen-bond donors (Lipinski definition) is 5. The molecular formula is C22H24N3O8P. The highest BCUT2D eigenvalue weighted by molar-refractivity contribution is 7.46. The monoisotopic (exact) mass is 489 g/mol. The number of phosphoric ester groups is 1. The van der Waals surface area contributed by atoms with Crippen LogP contribution in [0.4, 0.5) is 0 Å². The smallest absolute Gasteiger partial charge is 0.357 e. The second-order valence-electron chi connectivity index (χ2n) is 7.01. The first-order valence-corrected chi connectivity index (χ1v) is 11.4. The largest absolute Gasteiger partial charge is 0.469 e. The Morgan fingerprint density at radius 1 is 1.00 bits per heavy atom. The van der Waals surface area contributed by atoms with E-state index in [1.807, 2.05) is 0 Å². The predicted octanol–water partition coefficient (Wildman–Crippen LogP) is 0.430. The van der Waals surface area contributed by atoms with Crippen LogP contribution in [0.3, 0.4) is 0 Å². The number of nitrogens with zero attached hydrogens (tertiary/aromatic N) is 1. The molecule has 0 spiro atoms. The standard InChI is InChI=1S/C22H24N3O8P/c1-23-20(26)19(21(27)24-29)25(2)22(28)18-11-9-16(10-12-18)4-3-15-5-7-17(8-6-15)13-14-33-34(30,31)32/h5-12,19,29H,13-14H2,1-2H3,(H,23,26)(H,24,27)(H2,30,31,32)/t19-/m0/s1. The van der Waals surface area contributed by atoms with Gasteiger partial charge in [0.2, 0.25) is 0 Å². The van der Waals surface area contributed by atoms with E-state index in [9.17, 15) is 18.9 Å². The number of benzene rings is 2. The van der Waals surface area contributed by atoms with E-state index < -0.39 is 31.6 Å². The van der Waals surface area contributed by atoms with E-state index in [1.54, 1.807) is 36.4 Å². The molecule has 12 heteroatoms. The van der Waals surface area contributed by atoms with Crippen molar-refractivity contribution in [1.29, 1.82) is 0 Å². The molecule has 2 rings (SSSR count). The third-order valence-electron chi connectivity index (χ3n) is 4.65. The number of hydroxylamine groups is 1. The van der Waals surface area contributed by atoms with Gasteiger partial charge in [-0.25, -0.2) is 10.0 Å². The Hall–Kier alpha value is -3.52. The van der Waals surface area contributed by atoms with Crippen LogP contribution < -0.4 is 10.8 Å². The van der Waals surface area contributed by atoms with E-state index >= 15 is 0 Å². The first-order chi connectivity index (χ1) is 16.1. The molecule has 3 amide bonds. The Balaban J connectivity index is 2.05. The van der Waals surface area contributed by atoms with Gasteiger partial charge in [-0.1, -0.05) is 24.0 Å². The molecule has 1 atom stereocenters. The van der Waals surface area contributed by atoms with Crippen LogP contribution in [0.25, 0.3) is 0 Å². The first-order valence-electron chi connectivity index (χ1n) is 9.89. The van der Waals surface area contributed by atoms with Crippen molar-refractivity contribution in [3.63, 3.8) is 0 Å². The van der Waals surface area contributed by atoms with Gasteiger partial charge in [0.15, 0.2) is 6.04 Å². The third-order valence-corrected chi connectivity index (χ3v) is 5.17. The van der Waals surface area contributed by atoms with Crippen LogP contribution in [-0.2, 0) is 25.1 Å². The first kappa shape index (κ1) is 26.7. The zero-order valence-electron chi connectivity index (χ0n) is 18.4. The third kappa shape index (κ3) is 7.81. The average molecular weight is 489 g/mol. The fourth-order valence-corrected chi connectivity index (χ4v) is 3.20. The molecule has 0 aliphatic carbocycles. The molecule has 0 aromatic heterocycles. The van der Waals surface area contributed by atoms with Crippen molar-refractivity contribution in [2.45, 2.75) is 12.5 Å². The molecule has 0 unspecified atom stereocenters. The average Bonchev–Trinajstić information content (AvgIpc) is 2.82. The normalized spacial score (nSPS) is 11.6. The molecule has 0 fully saturated rings. The summed E-state index contributed by atoms with van der Waals surface area (Å²) in [5.41, 5.74) is 3.76. The van der Waals surface area contributed by atoms with E-state index in [4.69, 9.17) is 15.0 Å². The van der Waals surface area contributed by atoms with Gasteiger partial charge in [0.1, 0.15) is 0 Å². The highest BCUT2D eigenvalue weighted by Gasteiger charge is 2.33. The second kappa shape index (κ2) is 12.1. The van der Waals surface area contributed by atoms with Gasteiger partial charge in [-0.2, -0.15) is 0 Å². The lowest BCUT2D eigenvalue weighted by Crippen LogP contribution is -2.54. The molecule has 180 valence electrons. The number of amides is 3. The second-order valence-corrected chi connectivity index (χ2v) is 8.25. The Morgan fingerprint density at radius 2 is 1.53 bits per heavy atom. The molecule has 2 aromatic rings. The quantitative estimate of drug-likeness (QED) is 0.117. The summed E-state index contributed by atoms with van der Waals surface area (Å²) in [5.74, 6) is 3.52. The van der Waals surface area contributed by atoms with Crippen molar-refractivity contribution >= 4 is 25.5 Å². The molecule has 0 aliphatic rings. The molecule has 0 bridgehead atoms. The Morgan fingerprint density at radius 3 is 2.00 bits per heavy atom. The molecule has 2 aromatic carbocycles. The van der Waals surface area contributed by atoms with Gasteiger partial charge in [0.25, 0.3) is 17.7 Å². The van der Waals surface area contributed by atoms with E-state index in [0.29, 0.717) is 17.5 Å². The SMILES string of the molecule is CNC(=O)[C@@H](C(=O)NO)N(C)C(=O)c1ccc(C#Cc2ccc(CCOP(=O)(O)O)cc2)cc1.